The van der Waals surface area contributed by atoms with Crippen LogP contribution >= 0.6 is 0 Å². The van der Waals surface area contributed by atoms with Crippen LogP contribution in [0.3, 0.4) is 0 Å². The van der Waals surface area contributed by atoms with Crippen molar-refractivity contribution in [2.45, 2.75) is 42.4 Å². The van der Waals surface area contributed by atoms with E-state index in [1.807, 2.05) is 13.0 Å². The molecule has 1 aromatic carbocycles. The minimum atomic E-state index is -3.42. The molecule has 2 unspecified atom stereocenters. The van der Waals surface area contributed by atoms with Gasteiger partial charge in [0.1, 0.15) is 0 Å². The third-order valence-corrected chi connectivity index (χ3v) is 6.34. The van der Waals surface area contributed by atoms with Crippen molar-refractivity contribution < 1.29 is 18.3 Å². The van der Waals surface area contributed by atoms with Crippen LogP contribution in [0.15, 0.2) is 29.2 Å². The minimum Gasteiger partial charge on any atom is -0.394 e. The lowest BCUT2D eigenvalue weighted by Crippen LogP contribution is -2.45. The maximum absolute atomic E-state index is 12.8. The molecule has 2 rings (SSSR count). The smallest absolute Gasteiger partial charge is 0.183 e. The lowest BCUT2D eigenvalue weighted by Gasteiger charge is -2.37. The molecule has 5 heteroatoms. The van der Waals surface area contributed by atoms with E-state index in [2.05, 4.69) is 0 Å². The van der Waals surface area contributed by atoms with E-state index >= 15 is 0 Å². The van der Waals surface area contributed by atoms with E-state index in [9.17, 15) is 13.5 Å². The van der Waals surface area contributed by atoms with Crippen LogP contribution in [0.4, 0.5) is 0 Å². The summed E-state index contributed by atoms with van der Waals surface area (Å²) in [6, 6.07) is 6.97. The fourth-order valence-corrected chi connectivity index (χ4v) is 4.44. The van der Waals surface area contributed by atoms with Gasteiger partial charge in [-0.3, -0.25) is 0 Å². The van der Waals surface area contributed by atoms with E-state index in [1.165, 1.54) is 0 Å². The van der Waals surface area contributed by atoms with Gasteiger partial charge in [0, 0.05) is 6.61 Å². The lowest BCUT2D eigenvalue weighted by atomic mass is 9.97. The molecule has 0 aliphatic carbocycles. The predicted octanol–water partition coefficient (Wildman–Crippen LogP) is 1.70. The number of aliphatic hydroxyl groups is 1. The van der Waals surface area contributed by atoms with Crippen molar-refractivity contribution in [1.82, 2.24) is 0 Å². The van der Waals surface area contributed by atoms with Crippen molar-refractivity contribution in [3.8, 4) is 0 Å². The first-order valence-electron chi connectivity index (χ1n) is 6.43. The highest BCUT2D eigenvalue weighted by Gasteiger charge is 2.44. The van der Waals surface area contributed by atoms with Crippen molar-refractivity contribution >= 4 is 9.84 Å². The summed E-state index contributed by atoms with van der Waals surface area (Å²) in [6.07, 6.45) is 0.401. The van der Waals surface area contributed by atoms with E-state index in [1.54, 1.807) is 25.1 Å². The van der Waals surface area contributed by atoms with E-state index in [4.69, 9.17) is 4.74 Å². The van der Waals surface area contributed by atoms with Crippen molar-refractivity contribution in [1.29, 1.82) is 0 Å². The largest absolute Gasteiger partial charge is 0.394 e. The van der Waals surface area contributed by atoms with Crippen LogP contribution in [0, 0.1) is 6.92 Å². The topological polar surface area (TPSA) is 63.6 Å². The van der Waals surface area contributed by atoms with Crippen LogP contribution in [0.1, 0.15) is 25.3 Å². The number of aryl methyl sites for hydroxylation is 1. The number of rotatable bonds is 3. The highest BCUT2D eigenvalue weighted by atomic mass is 32.2. The van der Waals surface area contributed by atoms with Gasteiger partial charge >= 0.3 is 0 Å². The minimum absolute atomic E-state index is 0.140. The fourth-order valence-electron chi connectivity index (χ4n) is 2.51. The Balaban J connectivity index is 2.38. The van der Waals surface area contributed by atoms with E-state index in [0.717, 1.165) is 5.56 Å². The van der Waals surface area contributed by atoms with Gasteiger partial charge in [0.25, 0.3) is 0 Å². The molecule has 1 heterocycles. The molecule has 0 amide bonds. The maximum Gasteiger partial charge on any atom is 0.183 e. The predicted molar refractivity (Wildman–Crippen MR) is 72.8 cm³/mol. The Labute approximate surface area is 114 Å². The summed E-state index contributed by atoms with van der Waals surface area (Å²) in [4.78, 5) is 0.355. The Bertz CT molecular complexity index is 552. The van der Waals surface area contributed by atoms with Gasteiger partial charge in [-0.25, -0.2) is 8.42 Å². The second-order valence-corrected chi connectivity index (χ2v) is 7.86. The van der Waals surface area contributed by atoms with Gasteiger partial charge in [0.15, 0.2) is 9.84 Å². The zero-order chi connectivity index (χ0) is 14.1. The van der Waals surface area contributed by atoms with Crippen LogP contribution in [0.2, 0.25) is 0 Å². The van der Waals surface area contributed by atoms with Gasteiger partial charge in [-0.1, -0.05) is 12.1 Å². The number of sulfone groups is 1. The molecule has 0 spiro atoms. The molecule has 1 aliphatic rings. The molecule has 2 atom stereocenters. The van der Waals surface area contributed by atoms with Crippen molar-refractivity contribution in [3.05, 3.63) is 29.8 Å². The molecular weight excluding hydrogens is 264 g/mol. The molecule has 19 heavy (non-hydrogen) atoms. The molecule has 0 bridgehead atoms. The van der Waals surface area contributed by atoms with Crippen molar-refractivity contribution in [3.63, 3.8) is 0 Å². The van der Waals surface area contributed by atoms with Gasteiger partial charge in [-0.15, -0.1) is 0 Å². The molecule has 0 saturated carbocycles. The molecule has 0 radical (unpaired) electrons. The third-order valence-electron chi connectivity index (χ3n) is 3.80. The van der Waals surface area contributed by atoms with Crippen LogP contribution in [-0.4, -0.2) is 37.6 Å². The summed E-state index contributed by atoms with van der Waals surface area (Å²) in [5, 5.41) is 9.18. The molecule has 1 aliphatic heterocycles. The number of aliphatic hydroxyl groups excluding tert-OH is 1. The fraction of sp³-hybridized carbons (Fsp3) is 0.571. The normalized spacial score (nSPS) is 28.3. The Morgan fingerprint density at radius 1 is 1.47 bits per heavy atom. The zero-order valence-corrected chi connectivity index (χ0v) is 12.1. The van der Waals surface area contributed by atoms with Gasteiger partial charge in [0.2, 0.25) is 0 Å². The molecule has 1 N–H and O–H groups in total. The maximum atomic E-state index is 12.8. The first kappa shape index (κ1) is 14.5. The number of ether oxygens (including phenoxy) is 1. The van der Waals surface area contributed by atoms with Gasteiger partial charge in [-0.2, -0.15) is 0 Å². The van der Waals surface area contributed by atoms with Crippen LogP contribution in [0.5, 0.6) is 0 Å². The Morgan fingerprint density at radius 3 is 2.84 bits per heavy atom. The summed E-state index contributed by atoms with van der Waals surface area (Å²) in [6.45, 7) is 3.85. The summed E-state index contributed by atoms with van der Waals surface area (Å²) in [5.74, 6) is 0. The van der Waals surface area contributed by atoms with Gasteiger partial charge in [-0.05, 0) is 44.4 Å². The van der Waals surface area contributed by atoms with Crippen LogP contribution in [-0.2, 0) is 14.6 Å². The first-order valence-corrected chi connectivity index (χ1v) is 7.91. The molecule has 0 aromatic heterocycles. The standard InChI is InChI=1S/C14H20O4S/c1-11-4-3-5-13(8-11)19(16,17)14(2)6-7-18-12(9-14)10-15/h3-5,8,12,15H,6-7,9-10H2,1-2H3. The van der Waals surface area contributed by atoms with Crippen LogP contribution in [0.25, 0.3) is 0 Å². The van der Waals surface area contributed by atoms with Crippen LogP contribution < -0.4 is 0 Å². The Morgan fingerprint density at radius 2 is 2.21 bits per heavy atom. The molecule has 4 nitrogen and oxygen atoms in total. The molecule has 1 aromatic rings. The average Bonchev–Trinajstić information content (AvgIpc) is 2.38. The molecule has 1 saturated heterocycles. The summed E-state index contributed by atoms with van der Waals surface area (Å²) >= 11 is 0. The van der Waals surface area contributed by atoms with E-state index in [-0.39, 0.29) is 6.61 Å². The van der Waals surface area contributed by atoms with Crippen molar-refractivity contribution in [2.75, 3.05) is 13.2 Å². The number of hydrogen-bond donors (Lipinski definition) is 1. The molecule has 1 fully saturated rings. The highest BCUT2D eigenvalue weighted by Crippen LogP contribution is 2.36. The zero-order valence-electron chi connectivity index (χ0n) is 11.3. The number of hydrogen-bond acceptors (Lipinski definition) is 4. The summed E-state index contributed by atoms with van der Waals surface area (Å²) in [7, 11) is -3.42. The van der Waals surface area contributed by atoms with Crippen molar-refractivity contribution in [2.24, 2.45) is 0 Å². The second-order valence-electron chi connectivity index (χ2n) is 5.40. The lowest BCUT2D eigenvalue weighted by molar-refractivity contribution is -0.0288. The summed E-state index contributed by atoms with van der Waals surface area (Å²) < 4.78 is 30.1. The van der Waals surface area contributed by atoms with E-state index in [0.29, 0.717) is 24.3 Å². The molecular formula is C14H20O4S. The SMILES string of the molecule is Cc1cccc(S(=O)(=O)C2(C)CCOC(CO)C2)c1. The first-order chi connectivity index (χ1) is 8.89. The molecule has 106 valence electrons. The van der Waals surface area contributed by atoms with Gasteiger partial charge < -0.3 is 9.84 Å². The average molecular weight is 284 g/mol. The van der Waals surface area contributed by atoms with E-state index < -0.39 is 20.7 Å². The summed E-state index contributed by atoms with van der Waals surface area (Å²) in [5.41, 5.74) is 0.926. The Kier molecular flexibility index (Phi) is 3.99. The highest BCUT2D eigenvalue weighted by molar-refractivity contribution is 7.92. The quantitative estimate of drug-likeness (QED) is 0.917. The third kappa shape index (κ3) is 2.68. The van der Waals surface area contributed by atoms with Gasteiger partial charge in [0.05, 0.1) is 22.4 Å². The Hall–Kier alpha value is -0.910. The number of benzene rings is 1. The monoisotopic (exact) mass is 284 g/mol. The second kappa shape index (κ2) is 5.23.